The van der Waals surface area contributed by atoms with E-state index in [1.54, 1.807) is 5.56 Å². The van der Waals surface area contributed by atoms with Gasteiger partial charge in [0.2, 0.25) is 0 Å². The van der Waals surface area contributed by atoms with Crippen molar-refractivity contribution in [2.75, 3.05) is 19.6 Å². The monoisotopic (exact) mass is 223 g/mol. The molecular weight excluding hydrogens is 206 g/mol. The third kappa shape index (κ3) is 2.04. The molecule has 0 aromatic heterocycles. The van der Waals surface area contributed by atoms with E-state index in [-0.39, 0.29) is 12.4 Å². The highest BCUT2D eigenvalue weighted by Crippen LogP contribution is 2.32. The molecule has 0 radical (unpaired) electrons. The molecule has 2 heteroatoms. The van der Waals surface area contributed by atoms with Crippen LogP contribution in [0.1, 0.15) is 24.3 Å². The van der Waals surface area contributed by atoms with Crippen molar-refractivity contribution in [1.29, 1.82) is 0 Å². The van der Waals surface area contributed by atoms with Crippen LogP contribution in [-0.4, -0.2) is 19.6 Å². The third-order valence-corrected chi connectivity index (χ3v) is 4.04. The summed E-state index contributed by atoms with van der Waals surface area (Å²) in [7, 11) is 0. The summed E-state index contributed by atoms with van der Waals surface area (Å²) in [4.78, 5) is 1.83. The van der Waals surface area contributed by atoms with Gasteiger partial charge in [0.05, 0.1) is 19.6 Å². The van der Waals surface area contributed by atoms with Crippen LogP contribution < -0.4 is 17.3 Å². The molecule has 82 valence electrons. The molecular formula is C13H18ClN. The highest BCUT2D eigenvalue weighted by Gasteiger charge is 2.37. The van der Waals surface area contributed by atoms with Gasteiger partial charge in [-0.25, -0.2) is 0 Å². The van der Waals surface area contributed by atoms with Crippen LogP contribution in [0.15, 0.2) is 30.3 Å². The Kier molecular flexibility index (Phi) is 3.32. The number of fused-ring (bicyclic) bond motifs is 3. The first-order valence-electron chi connectivity index (χ1n) is 5.82. The summed E-state index contributed by atoms with van der Waals surface area (Å²) < 4.78 is 0. The highest BCUT2D eigenvalue weighted by atomic mass is 35.5. The number of piperidine rings is 3. The Bertz CT molecular complexity index is 304. The lowest BCUT2D eigenvalue weighted by Gasteiger charge is -2.42. The molecule has 1 nitrogen and oxygen atoms in total. The average Bonchev–Trinajstić information content (AvgIpc) is 2.32. The second-order valence-corrected chi connectivity index (χ2v) is 4.81. The summed E-state index contributed by atoms with van der Waals surface area (Å²) in [5, 5.41) is 0. The maximum absolute atomic E-state index is 2.31. The van der Waals surface area contributed by atoms with Gasteiger partial charge < -0.3 is 17.3 Å². The zero-order valence-electron chi connectivity index (χ0n) is 8.95. The van der Waals surface area contributed by atoms with Crippen LogP contribution in [0.3, 0.4) is 0 Å². The van der Waals surface area contributed by atoms with Crippen LogP contribution in [0.4, 0.5) is 0 Å². The van der Waals surface area contributed by atoms with Crippen LogP contribution in [-0.2, 0) is 0 Å². The predicted octanol–water partition coefficient (Wildman–Crippen LogP) is -1.92. The lowest BCUT2D eigenvalue weighted by Crippen LogP contribution is -3.15. The molecule has 0 amide bonds. The lowest BCUT2D eigenvalue weighted by atomic mass is 9.75. The average molecular weight is 224 g/mol. The number of hydrogen-bond acceptors (Lipinski definition) is 0. The van der Waals surface area contributed by atoms with Gasteiger partial charge in [0.25, 0.3) is 0 Å². The van der Waals surface area contributed by atoms with E-state index in [1.807, 2.05) is 4.90 Å². The molecule has 1 atom stereocenters. The maximum atomic E-state index is 2.31. The minimum atomic E-state index is 0. The molecule has 1 aromatic rings. The molecule has 1 N–H and O–H groups in total. The van der Waals surface area contributed by atoms with Crippen molar-refractivity contribution in [3.63, 3.8) is 0 Å². The van der Waals surface area contributed by atoms with Gasteiger partial charge in [0.15, 0.2) is 0 Å². The molecule has 2 bridgehead atoms. The van der Waals surface area contributed by atoms with Crippen molar-refractivity contribution in [1.82, 2.24) is 0 Å². The molecule has 1 unspecified atom stereocenters. The van der Waals surface area contributed by atoms with Gasteiger partial charge in [0.1, 0.15) is 0 Å². The third-order valence-electron chi connectivity index (χ3n) is 4.04. The van der Waals surface area contributed by atoms with Crippen molar-refractivity contribution in [2.45, 2.75) is 18.8 Å². The standard InChI is InChI=1S/C13H17N.ClH/c1-2-4-11(5-3-1)13-10-14-8-6-12(13)7-9-14;/h1-5,12-13H,6-10H2;1H. The number of quaternary nitrogens is 1. The fourth-order valence-electron chi connectivity index (χ4n) is 3.22. The fraction of sp³-hybridized carbons (Fsp3) is 0.538. The Morgan fingerprint density at radius 1 is 1.00 bits per heavy atom. The molecule has 4 rings (SSSR count). The second kappa shape index (κ2) is 4.54. The maximum Gasteiger partial charge on any atom is 0.0843 e. The molecule has 15 heavy (non-hydrogen) atoms. The molecule has 3 heterocycles. The van der Waals surface area contributed by atoms with E-state index in [0.29, 0.717) is 0 Å². The predicted molar refractivity (Wildman–Crippen MR) is 57.5 cm³/mol. The summed E-state index contributed by atoms with van der Waals surface area (Å²) in [6.07, 6.45) is 2.91. The smallest absolute Gasteiger partial charge is 0.0843 e. The van der Waals surface area contributed by atoms with Crippen molar-refractivity contribution < 1.29 is 17.3 Å². The summed E-state index contributed by atoms with van der Waals surface area (Å²) in [5.41, 5.74) is 1.58. The molecule has 3 aliphatic heterocycles. The first-order chi connectivity index (χ1) is 6.93. The highest BCUT2D eigenvalue weighted by molar-refractivity contribution is 5.21. The van der Waals surface area contributed by atoms with Crippen molar-refractivity contribution in [3.8, 4) is 0 Å². The fourth-order valence-corrected chi connectivity index (χ4v) is 3.22. The minimum Gasteiger partial charge on any atom is -1.00 e. The molecule has 1 aromatic carbocycles. The van der Waals surface area contributed by atoms with Crippen LogP contribution in [0.25, 0.3) is 0 Å². The van der Waals surface area contributed by atoms with E-state index < -0.39 is 0 Å². The van der Waals surface area contributed by atoms with Crippen molar-refractivity contribution >= 4 is 0 Å². The first-order valence-corrected chi connectivity index (χ1v) is 5.82. The summed E-state index contributed by atoms with van der Waals surface area (Å²) >= 11 is 0. The van der Waals surface area contributed by atoms with Crippen LogP contribution in [0.2, 0.25) is 0 Å². The second-order valence-electron chi connectivity index (χ2n) is 4.81. The number of benzene rings is 1. The number of nitrogens with one attached hydrogen (secondary N) is 1. The molecule has 0 aliphatic carbocycles. The Morgan fingerprint density at radius 3 is 2.20 bits per heavy atom. The lowest BCUT2D eigenvalue weighted by molar-refractivity contribution is -0.918. The van der Waals surface area contributed by atoms with E-state index in [1.165, 1.54) is 32.5 Å². The Balaban J connectivity index is 0.000000853. The normalized spacial score (nSPS) is 33.5. The molecule has 3 saturated heterocycles. The number of rotatable bonds is 1. The zero-order chi connectivity index (χ0) is 9.38. The van der Waals surface area contributed by atoms with Crippen molar-refractivity contribution in [2.24, 2.45) is 5.92 Å². The number of halogens is 1. The number of hydrogen-bond donors (Lipinski definition) is 1. The van der Waals surface area contributed by atoms with Crippen molar-refractivity contribution in [3.05, 3.63) is 35.9 Å². The SMILES string of the molecule is [Cl-].c1ccc(C2C[NH+]3CCC2CC3)cc1. The summed E-state index contributed by atoms with van der Waals surface area (Å²) in [5.74, 6) is 1.84. The van der Waals surface area contributed by atoms with E-state index in [4.69, 9.17) is 0 Å². The largest absolute Gasteiger partial charge is 1.00 e. The zero-order valence-corrected chi connectivity index (χ0v) is 9.71. The van der Waals surface area contributed by atoms with Gasteiger partial charge in [-0.05, 0) is 11.5 Å². The van der Waals surface area contributed by atoms with Crippen LogP contribution in [0.5, 0.6) is 0 Å². The molecule has 3 aliphatic rings. The minimum absolute atomic E-state index is 0. The molecule has 3 fully saturated rings. The Morgan fingerprint density at radius 2 is 1.67 bits per heavy atom. The van der Waals surface area contributed by atoms with E-state index >= 15 is 0 Å². The summed E-state index contributed by atoms with van der Waals surface area (Å²) in [6, 6.07) is 11.1. The molecule has 0 saturated carbocycles. The van der Waals surface area contributed by atoms with Gasteiger partial charge in [-0.1, -0.05) is 30.3 Å². The van der Waals surface area contributed by atoms with Gasteiger partial charge in [-0.2, -0.15) is 0 Å². The molecule has 0 spiro atoms. The van der Waals surface area contributed by atoms with Gasteiger partial charge in [0, 0.05) is 18.8 Å². The summed E-state index contributed by atoms with van der Waals surface area (Å²) in [6.45, 7) is 4.23. The van der Waals surface area contributed by atoms with Gasteiger partial charge in [-0.15, -0.1) is 0 Å². The van der Waals surface area contributed by atoms with Crippen LogP contribution in [0, 0.1) is 5.92 Å². The van der Waals surface area contributed by atoms with E-state index in [0.717, 1.165) is 11.8 Å². The Hall–Kier alpha value is -0.530. The Labute approximate surface area is 97.9 Å². The van der Waals surface area contributed by atoms with Crippen LogP contribution >= 0.6 is 0 Å². The first kappa shape index (κ1) is 11.0. The topological polar surface area (TPSA) is 4.44 Å². The van der Waals surface area contributed by atoms with E-state index in [9.17, 15) is 0 Å². The van der Waals surface area contributed by atoms with Gasteiger partial charge >= 0.3 is 0 Å². The van der Waals surface area contributed by atoms with Gasteiger partial charge in [-0.3, -0.25) is 0 Å². The van der Waals surface area contributed by atoms with E-state index in [2.05, 4.69) is 30.3 Å². The quantitative estimate of drug-likeness (QED) is 0.567.